The van der Waals surface area contributed by atoms with Gasteiger partial charge in [-0.2, -0.15) is 0 Å². The molecule has 2 N–H and O–H groups in total. The predicted molar refractivity (Wildman–Crippen MR) is 74.1 cm³/mol. The molecule has 1 aliphatic carbocycles. The smallest absolute Gasteiger partial charge is 0.329 e. The molecule has 0 aliphatic heterocycles. The number of carbonyl (C=O) groups excluding carboxylic acids is 1. The number of nitrogens with one attached hydrogen (secondary N) is 1. The van der Waals surface area contributed by atoms with Crippen LogP contribution in [0.4, 0.5) is 8.78 Å². The first-order valence-electron chi connectivity index (χ1n) is 6.55. The largest absolute Gasteiger partial charge is 0.480 e. The summed E-state index contributed by atoms with van der Waals surface area (Å²) in [5.74, 6) is -3.03. The van der Waals surface area contributed by atoms with E-state index in [1.54, 1.807) is 0 Å². The Morgan fingerprint density at radius 3 is 2.52 bits per heavy atom. The quantitative estimate of drug-likeness (QED) is 0.820. The number of rotatable bonds is 5. The highest BCUT2D eigenvalue weighted by atomic mass is 32.2. The molecule has 1 amide bonds. The third-order valence-corrected chi connectivity index (χ3v) is 4.55. The second-order valence-electron chi connectivity index (χ2n) is 5.01. The minimum atomic E-state index is -1.20. The average Bonchev–Trinajstić information content (AvgIpc) is 2.87. The van der Waals surface area contributed by atoms with E-state index in [-0.39, 0.29) is 10.6 Å². The Balaban J connectivity index is 1.94. The number of carbonyl (C=O) groups is 2. The molecule has 114 valence electrons. The second kappa shape index (κ2) is 6.43. The number of carboxylic acid groups (broad SMARTS) is 1. The van der Waals surface area contributed by atoms with Crippen molar-refractivity contribution in [2.24, 2.45) is 0 Å². The van der Waals surface area contributed by atoms with Crippen LogP contribution in [-0.4, -0.2) is 28.3 Å². The average molecular weight is 315 g/mol. The molecule has 0 radical (unpaired) electrons. The molecule has 7 heteroatoms. The Morgan fingerprint density at radius 1 is 1.29 bits per heavy atom. The van der Waals surface area contributed by atoms with Gasteiger partial charge in [-0.15, -0.1) is 11.8 Å². The van der Waals surface area contributed by atoms with Gasteiger partial charge in [-0.3, -0.25) is 4.79 Å². The fourth-order valence-electron chi connectivity index (χ4n) is 2.41. The van der Waals surface area contributed by atoms with Crippen molar-refractivity contribution in [3.8, 4) is 0 Å². The summed E-state index contributed by atoms with van der Waals surface area (Å²) in [6, 6.07) is 3.11. The van der Waals surface area contributed by atoms with E-state index in [0.717, 1.165) is 36.7 Å². The maximum Gasteiger partial charge on any atom is 0.329 e. The molecule has 4 nitrogen and oxygen atoms in total. The number of carboxylic acids is 1. The highest BCUT2D eigenvalue weighted by molar-refractivity contribution is 8.00. The van der Waals surface area contributed by atoms with Gasteiger partial charge in [-0.25, -0.2) is 13.6 Å². The van der Waals surface area contributed by atoms with Crippen LogP contribution >= 0.6 is 11.8 Å². The fourth-order valence-corrected chi connectivity index (χ4v) is 3.13. The summed E-state index contributed by atoms with van der Waals surface area (Å²) in [5.41, 5.74) is -1.20. The zero-order valence-corrected chi connectivity index (χ0v) is 12.0. The molecular formula is C14H15F2NO3S. The Bertz CT molecular complexity index is 559. The second-order valence-corrected chi connectivity index (χ2v) is 6.02. The summed E-state index contributed by atoms with van der Waals surface area (Å²) in [4.78, 5) is 23.3. The summed E-state index contributed by atoms with van der Waals surface area (Å²) in [7, 11) is 0. The predicted octanol–water partition coefficient (Wildman–Crippen LogP) is 2.57. The fraction of sp³-hybridized carbons (Fsp3) is 0.429. The van der Waals surface area contributed by atoms with E-state index in [9.17, 15) is 23.5 Å². The third-order valence-electron chi connectivity index (χ3n) is 3.50. The monoisotopic (exact) mass is 315 g/mol. The van der Waals surface area contributed by atoms with Crippen LogP contribution < -0.4 is 5.32 Å². The molecule has 1 aromatic carbocycles. The number of hydrogen-bond donors (Lipinski definition) is 2. The van der Waals surface area contributed by atoms with Crippen LogP contribution in [0.15, 0.2) is 23.1 Å². The molecule has 1 aromatic rings. The number of thioether (sulfide) groups is 1. The molecule has 0 unspecified atom stereocenters. The normalized spacial score (nSPS) is 16.7. The topological polar surface area (TPSA) is 66.4 Å². The Morgan fingerprint density at radius 2 is 1.95 bits per heavy atom. The minimum Gasteiger partial charge on any atom is -0.480 e. The van der Waals surface area contributed by atoms with E-state index in [2.05, 4.69) is 5.32 Å². The minimum absolute atomic E-state index is 0.114. The summed E-state index contributed by atoms with van der Waals surface area (Å²) in [6.45, 7) is 0. The van der Waals surface area contributed by atoms with E-state index >= 15 is 0 Å². The van der Waals surface area contributed by atoms with E-state index in [1.807, 2.05) is 0 Å². The highest BCUT2D eigenvalue weighted by Gasteiger charge is 2.42. The van der Waals surface area contributed by atoms with E-state index in [4.69, 9.17) is 0 Å². The molecule has 0 spiro atoms. The maximum absolute atomic E-state index is 13.4. The van der Waals surface area contributed by atoms with Crippen LogP contribution in [-0.2, 0) is 9.59 Å². The van der Waals surface area contributed by atoms with Crippen molar-refractivity contribution in [3.63, 3.8) is 0 Å². The van der Waals surface area contributed by atoms with Gasteiger partial charge in [0.15, 0.2) is 0 Å². The van der Waals surface area contributed by atoms with Crippen molar-refractivity contribution in [2.45, 2.75) is 36.1 Å². The van der Waals surface area contributed by atoms with Gasteiger partial charge in [0.05, 0.1) is 5.75 Å². The summed E-state index contributed by atoms with van der Waals surface area (Å²) in [5, 5.41) is 11.8. The van der Waals surface area contributed by atoms with Gasteiger partial charge < -0.3 is 10.4 Å². The lowest BCUT2D eigenvalue weighted by atomic mass is 9.98. The molecule has 1 saturated carbocycles. The number of amides is 1. The molecule has 1 fully saturated rings. The van der Waals surface area contributed by atoms with Crippen molar-refractivity contribution in [2.75, 3.05) is 5.75 Å². The van der Waals surface area contributed by atoms with E-state index in [1.165, 1.54) is 6.07 Å². The van der Waals surface area contributed by atoms with Crippen LogP contribution in [0.3, 0.4) is 0 Å². The standard InChI is InChI=1S/C14H15F2NO3S/c15-9-3-4-11(10(16)7-9)21-8-12(18)17-14(13(19)20)5-1-2-6-14/h3-4,7H,1-2,5-6,8H2,(H,17,18)(H,19,20). The lowest BCUT2D eigenvalue weighted by Gasteiger charge is -2.25. The van der Waals surface area contributed by atoms with E-state index < -0.39 is 29.0 Å². The van der Waals surface area contributed by atoms with E-state index in [0.29, 0.717) is 12.8 Å². The van der Waals surface area contributed by atoms with Gasteiger partial charge in [0.25, 0.3) is 0 Å². The molecule has 0 heterocycles. The summed E-state index contributed by atoms with van der Waals surface area (Å²) < 4.78 is 26.2. The zero-order chi connectivity index (χ0) is 15.5. The summed E-state index contributed by atoms with van der Waals surface area (Å²) in [6.07, 6.45) is 2.33. The Kier molecular flexibility index (Phi) is 4.82. The van der Waals surface area contributed by atoms with Crippen LogP contribution in [0.25, 0.3) is 0 Å². The Labute approximate surface area is 124 Å². The Hall–Kier alpha value is -1.63. The molecule has 21 heavy (non-hydrogen) atoms. The van der Waals surface area contributed by atoms with Crippen molar-refractivity contribution < 1.29 is 23.5 Å². The lowest BCUT2D eigenvalue weighted by molar-refractivity contribution is -0.147. The van der Waals surface area contributed by atoms with Crippen molar-refractivity contribution in [1.82, 2.24) is 5.32 Å². The van der Waals surface area contributed by atoms with Gasteiger partial charge in [0.1, 0.15) is 17.2 Å². The van der Waals surface area contributed by atoms with Crippen LogP contribution in [0, 0.1) is 11.6 Å². The number of halogens is 2. The molecular weight excluding hydrogens is 300 g/mol. The van der Waals surface area contributed by atoms with Crippen LogP contribution in [0.1, 0.15) is 25.7 Å². The summed E-state index contributed by atoms with van der Waals surface area (Å²) >= 11 is 0.911. The molecule has 2 rings (SSSR count). The molecule has 0 saturated heterocycles. The van der Waals surface area contributed by atoms with Crippen LogP contribution in [0.2, 0.25) is 0 Å². The maximum atomic E-state index is 13.4. The highest BCUT2D eigenvalue weighted by Crippen LogP contribution is 2.30. The van der Waals surface area contributed by atoms with Gasteiger partial charge >= 0.3 is 5.97 Å². The molecule has 1 aliphatic rings. The number of benzene rings is 1. The number of hydrogen-bond acceptors (Lipinski definition) is 3. The first-order chi connectivity index (χ1) is 9.93. The molecule has 0 aromatic heterocycles. The van der Waals surface area contributed by atoms with Gasteiger partial charge in [-0.1, -0.05) is 12.8 Å². The van der Waals surface area contributed by atoms with Crippen molar-refractivity contribution in [1.29, 1.82) is 0 Å². The first kappa shape index (κ1) is 15.8. The van der Waals surface area contributed by atoms with Gasteiger partial charge in [0, 0.05) is 11.0 Å². The van der Waals surface area contributed by atoms with Gasteiger partial charge in [0.2, 0.25) is 5.91 Å². The zero-order valence-electron chi connectivity index (χ0n) is 11.2. The molecule has 0 atom stereocenters. The number of aliphatic carboxylic acids is 1. The lowest BCUT2D eigenvalue weighted by Crippen LogP contribution is -2.53. The SMILES string of the molecule is O=C(CSc1ccc(F)cc1F)NC1(C(=O)O)CCCC1. The third kappa shape index (κ3) is 3.72. The van der Waals surface area contributed by atoms with Crippen LogP contribution in [0.5, 0.6) is 0 Å². The first-order valence-corrected chi connectivity index (χ1v) is 7.54. The van der Waals surface area contributed by atoms with Crippen molar-refractivity contribution >= 4 is 23.6 Å². The van der Waals surface area contributed by atoms with Crippen molar-refractivity contribution in [3.05, 3.63) is 29.8 Å². The molecule has 0 bridgehead atoms. The van der Waals surface area contributed by atoms with Gasteiger partial charge in [-0.05, 0) is 25.0 Å².